The van der Waals surface area contributed by atoms with Gasteiger partial charge in [-0.2, -0.15) is 5.10 Å². The van der Waals surface area contributed by atoms with Gasteiger partial charge in [-0.3, -0.25) is 4.68 Å². The van der Waals surface area contributed by atoms with Crippen molar-refractivity contribution in [2.45, 2.75) is 52.9 Å². The summed E-state index contributed by atoms with van der Waals surface area (Å²) in [5, 5.41) is 5.58. The Morgan fingerprint density at radius 3 is 2.96 bits per heavy atom. The van der Waals surface area contributed by atoms with E-state index in [2.05, 4.69) is 28.1 Å². The van der Waals surface area contributed by atoms with Crippen LogP contribution in [-0.2, 0) is 16.0 Å². The first-order valence-corrected chi connectivity index (χ1v) is 9.49. The van der Waals surface area contributed by atoms with Crippen LogP contribution in [0.4, 0.5) is 0 Å². The highest BCUT2D eigenvalue weighted by atomic mass is 16.7. The molecule has 0 aromatic carbocycles. The fourth-order valence-electron chi connectivity index (χ4n) is 3.05. The van der Waals surface area contributed by atoms with Crippen LogP contribution in [0, 0.1) is 6.92 Å². The summed E-state index contributed by atoms with van der Waals surface area (Å²) in [6.45, 7) is 8.22. The molecule has 1 aliphatic rings. The maximum absolute atomic E-state index is 5.77. The van der Waals surface area contributed by atoms with Gasteiger partial charge in [-0.15, -0.1) is 0 Å². The Balaban J connectivity index is 0.000000948. The number of ether oxygens (including phenoxy) is 2. The first kappa shape index (κ1) is 18.6. The SMILES string of the molecule is CC.Cc1c[nH]c2ncc(-c3cnn(CCOC4CCCCO4)c3)cc12. The van der Waals surface area contributed by atoms with Gasteiger partial charge in [-0.25, -0.2) is 4.98 Å². The zero-order valence-corrected chi connectivity index (χ0v) is 15.9. The van der Waals surface area contributed by atoms with Crippen molar-refractivity contribution in [3.63, 3.8) is 0 Å². The smallest absolute Gasteiger partial charge is 0.157 e. The van der Waals surface area contributed by atoms with E-state index in [4.69, 9.17) is 9.47 Å². The van der Waals surface area contributed by atoms with Crippen LogP contribution in [0.2, 0.25) is 0 Å². The maximum atomic E-state index is 5.77. The van der Waals surface area contributed by atoms with Crippen molar-refractivity contribution in [2.75, 3.05) is 13.2 Å². The van der Waals surface area contributed by atoms with Crippen molar-refractivity contribution >= 4 is 11.0 Å². The van der Waals surface area contributed by atoms with E-state index in [1.807, 2.05) is 43.3 Å². The Morgan fingerprint density at radius 1 is 1.27 bits per heavy atom. The van der Waals surface area contributed by atoms with Crippen LogP contribution in [0.15, 0.2) is 30.9 Å². The largest absolute Gasteiger partial charge is 0.353 e. The number of pyridine rings is 1. The Labute approximate surface area is 154 Å². The summed E-state index contributed by atoms with van der Waals surface area (Å²) < 4.78 is 13.2. The van der Waals surface area contributed by atoms with Crippen LogP contribution in [0.5, 0.6) is 0 Å². The predicted octanol–water partition coefficient (Wildman–Crippen LogP) is 4.30. The minimum Gasteiger partial charge on any atom is -0.353 e. The number of nitrogens with one attached hydrogen (secondary N) is 1. The van der Waals surface area contributed by atoms with E-state index in [-0.39, 0.29) is 6.29 Å². The minimum absolute atomic E-state index is 0.0445. The molecule has 1 unspecified atom stereocenters. The Kier molecular flexibility index (Phi) is 6.41. The molecule has 26 heavy (non-hydrogen) atoms. The molecule has 4 heterocycles. The van der Waals surface area contributed by atoms with E-state index in [1.54, 1.807) is 0 Å². The minimum atomic E-state index is -0.0445. The van der Waals surface area contributed by atoms with Crippen LogP contribution >= 0.6 is 0 Å². The molecule has 140 valence electrons. The molecule has 6 nitrogen and oxygen atoms in total. The number of rotatable bonds is 5. The Bertz CT molecular complexity index is 818. The fraction of sp³-hybridized carbons (Fsp3) is 0.500. The lowest BCUT2D eigenvalue weighted by Crippen LogP contribution is -2.24. The lowest BCUT2D eigenvalue weighted by Gasteiger charge is -2.22. The third-order valence-electron chi connectivity index (χ3n) is 4.47. The van der Waals surface area contributed by atoms with Gasteiger partial charge >= 0.3 is 0 Å². The molecule has 0 radical (unpaired) electrons. The summed E-state index contributed by atoms with van der Waals surface area (Å²) in [4.78, 5) is 7.65. The molecule has 1 saturated heterocycles. The van der Waals surface area contributed by atoms with Gasteiger partial charge in [0.05, 0.1) is 19.3 Å². The molecule has 3 aromatic heterocycles. The molecule has 0 bridgehead atoms. The molecule has 3 aromatic rings. The van der Waals surface area contributed by atoms with Crippen molar-refractivity contribution in [2.24, 2.45) is 0 Å². The van der Waals surface area contributed by atoms with Gasteiger partial charge in [0.1, 0.15) is 5.65 Å². The number of aromatic nitrogens is 4. The van der Waals surface area contributed by atoms with Gasteiger partial charge in [0, 0.05) is 41.7 Å². The third-order valence-corrected chi connectivity index (χ3v) is 4.47. The molecule has 0 amide bonds. The molecule has 1 fully saturated rings. The molecular weight excluding hydrogens is 328 g/mol. The average molecular weight is 356 g/mol. The summed E-state index contributed by atoms with van der Waals surface area (Å²) in [6.07, 6.45) is 11.1. The molecule has 1 N–H and O–H groups in total. The van der Waals surface area contributed by atoms with E-state index in [9.17, 15) is 0 Å². The second-order valence-corrected chi connectivity index (χ2v) is 6.25. The lowest BCUT2D eigenvalue weighted by molar-refractivity contribution is -0.163. The highest BCUT2D eigenvalue weighted by molar-refractivity contribution is 5.84. The van der Waals surface area contributed by atoms with Crippen LogP contribution in [0.25, 0.3) is 22.2 Å². The van der Waals surface area contributed by atoms with E-state index in [1.165, 1.54) is 12.0 Å². The van der Waals surface area contributed by atoms with Gasteiger partial charge in [0.25, 0.3) is 0 Å². The maximum Gasteiger partial charge on any atom is 0.157 e. The molecule has 4 rings (SSSR count). The molecule has 1 atom stereocenters. The van der Waals surface area contributed by atoms with E-state index >= 15 is 0 Å². The monoisotopic (exact) mass is 356 g/mol. The van der Waals surface area contributed by atoms with Crippen molar-refractivity contribution < 1.29 is 9.47 Å². The number of H-pyrrole nitrogens is 1. The Morgan fingerprint density at radius 2 is 2.15 bits per heavy atom. The molecule has 0 spiro atoms. The summed E-state index contributed by atoms with van der Waals surface area (Å²) in [7, 11) is 0. The first-order chi connectivity index (χ1) is 12.8. The first-order valence-electron chi connectivity index (χ1n) is 9.49. The van der Waals surface area contributed by atoms with E-state index in [0.717, 1.165) is 48.2 Å². The molecular formula is C20H28N4O2. The second kappa shape index (κ2) is 8.96. The van der Waals surface area contributed by atoms with Crippen LogP contribution in [-0.4, -0.2) is 39.3 Å². The highest BCUT2D eigenvalue weighted by Gasteiger charge is 2.13. The fourth-order valence-corrected chi connectivity index (χ4v) is 3.05. The molecule has 0 saturated carbocycles. The number of hydrogen-bond acceptors (Lipinski definition) is 4. The number of hydrogen-bond donors (Lipinski definition) is 1. The second-order valence-electron chi connectivity index (χ2n) is 6.25. The quantitative estimate of drug-likeness (QED) is 0.740. The number of nitrogens with zero attached hydrogens (tertiary/aromatic N) is 3. The summed E-state index contributed by atoms with van der Waals surface area (Å²) in [6, 6.07) is 2.15. The lowest BCUT2D eigenvalue weighted by atomic mass is 10.1. The van der Waals surface area contributed by atoms with E-state index in [0.29, 0.717) is 6.61 Å². The predicted molar refractivity (Wildman–Crippen MR) is 103 cm³/mol. The number of aryl methyl sites for hydroxylation is 1. The van der Waals surface area contributed by atoms with Gasteiger partial charge < -0.3 is 14.5 Å². The van der Waals surface area contributed by atoms with Gasteiger partial charge in [0.15, 0.2) is 6.29 Å². The van der Waals surface area contributed by atoms with Gasteiger partial charge in [-0.1, -0.05) is 13.8 Å². The summed E-state index contributed by atoms with van der Waals surface area (Å²) >= 11 is 0. The average Bonchev–Trinajstić information content (AvgIpc) is 3.31. The topological polar surface area (TPSA) is 65.0 Å². The normalized spacial score (nSPS) is 17.1. The number of fused-ring (bicyclic) bond motifs is 1. The van der Waals surface area contributed by atoms with Gasteiger partial charge in [-0.05, 0) is 37.8 Å². The standard InChI is InChI=1S/C18H22N4O2.C2H6/c1-13-9-19-18-16(13)8-14(10-20-18)15-11-21-22(12-15)5-7-24-17-4-2-3-6-23-17;1-2/h8-12,17H,2-7H2,1H3,(H,19,20);1-2H3. The molecule has 0 aliphatic carbocycles. The van der Waals surface area contributed by atoms with Crippen LogP contribution in [0.3, 0.4) is 0 Å². The number of aromatic amines is 1. The molecule has 1 aliphatic heterocycles. The summed E-state index contributed by atoms with van der Waals surface area (Å²) in [5.41, 5.74) is 4.27. The van der Waals surface area contributed by atoms with Crippen molar-refractivity contribution in [3.05, 3.63) is 36.4 Å². The van der Waals surface area contributed by atoms with Crippen molar-refractivity contribution in [1.29, 1.82) is 0 Å². The zero-order valence-electron chi connectivity index (χ0n) is 15.9. The van der Waals surface area contributed by atoms with Crippen LogP contribution < -0.4 is 0 Å². The van der Waals surface area contributed by atoms with Gasteiger partial charge in [0.2, 0.25) is 0 Å². The highest BCUT2D eigenvalue weighted by Crippen LogP contribution is 2.24. The summed E-state index contributed by atoms with van der Waals surface area (Å²) in [5.74, 6) is 0. The zero-order chi connectivity index (χ0) is 18.4. The molecule has 6 heteroatoms. The van der Waals surface area contributed by atoms with E-state index < -0.39 is 0 Å². The Hall–Kier alpha value is -2.18. The third kappa shape index (κ3) is 4.31. The van der Waals surface area contributed by atoms with Crippen molar-refractivity contribution in [1.82, 2.24) is 19.7 Å². The van der Waals surface area contributed by atoms with Crippen LogP contribution in [0.1, 0.15) is 38.7 Å². The van der Waals surface area contributed by atoms with Crippen molar-refractivity contribution in [3.8, 4) is 11.1 Å².